The number of hydrogen-bond donors (Lipinski definition) is 0. The lowest BCUT2D eigenvalue weighted by molar-refractivity contribution is 0.467. The number of halogens is 1. The van der Waals surface area contributed by atoms with Gasteiger partial charge < -0.3 is 0 Å². The smallest absolute Gasteiger partial charge is 0.128 e. The molecule has 0 aromatic carbocycles. The maximum absolute atomic E-state index is 5.90. The second kappa shape index (κ2) is 4.34. The van der Waals surface area contributed by atoms with Crippen molar-refractivity contribution in [1.29, 1.82) is 0 Å². The minimum atomic E-state index is -0.295. The van der Waals surface area contributed by atoms with Crippen LogP contribution in [0.25, 0.3) is 0 Å². The van der Waals surface area contributed by atoms with Crippen molar-refractivity contribution in [3.05, 3.63) is 0 Å². The molecule has 0 aromatic rings. The number of hydrogen-bond acceptors (Lipinski definition) is 0. The van der Waals surface area contributed by atoms with E-state index >= 15 is 0 Å². The summed E-state index contributed by atoms with van der Waals surface area (Å²) in [6.45, 7) is 9.06. The Labute approximate surface area is 65.5 Å². The van der Waals surface area contributed by atoms with Gasteiger partial charge in [0, 0.05) is 0 Å². The molecule has 0 aliphatic heterocycles. The molecule has 0 nitrogen and oxygen atoms in total. The molecule has 2 heteroatoms. The van der Waals surface area contributed by atoms with E-state index in [0.29, 0.717) is 0 Å². The van der Waals surface area contributed by atoms with E-state index in [2.05, 4.69) is 27.7 Å². The van der Waals surface area contributed by atoms with E-state index in [9.17, 15) is 0 Å². The minimum absolute atomic E-state index is 0.295. The third kappa shape index (κ3) is 3.26. The van der Waals surface area contributed by atoms with Crippen LogP contribution in [0, 0.1) is 11.8 Å². The molecular formula is C7H17ClSi. The van der Waals surface area contributed by atoms with Crippen LogP contribution in [-0.4, -0.2) is 8.83 Å². The fourth-order valence-corrected chi connectivity index (χ4v) is 3.98. The summed E-state index contributed by atoms with van der Waals surface area (Å²) in [4.78, 5) is 0. The molecule has 0 saturated heterocycles. The molecule has 0 spiro atoms. The van der Waals surface area contributed by atoms with Gasteiger partial charge in [0.25, 0.3) is 0 Å². The van der Waals surface area contributed by atoms with E-state index in [1.54, 1.807) is 0 Å². The highest BCUT2D eigenvalue weighted by Crippen LogP contribution is 2.26. The van der Waals surface area contributed by atoms with E-state index in [4.69, 9.17) is 11.1 Å². The maximum atomic E-state index is 5.90. The molecule has 9 heavy (non-hydrogen) atoms. The van der Waals surface area contributed by atoms with Gasteiger partial charge in [-0.05, 0) is 17.4 Å². The van der Waals surface area contributed by atoms with Crippen LogP contribution in [-0.2, 0) is 0 Å². The van der Waals surface area contributed by atoms with Crippen molar-refractivity contribution in [2.45, 2.75) is 33.2 Å². The zero-order valence-electron chi connectivity index (χ0n) is 6.82. The van der Waals surface area contributed by atoms with Crippen LogP contribution in [0.2, 0.25) is 5.54 Å². The first kappa shape index (κ1) is 9.51. The fraction of sp³-hybridized carbons (Fsp3) is 1.00. The Kier molecular flexibility index (Phi) is 4.59. The van der Waals surface area contributed by atoms with E-state index < -0.39 is 0 Å². The minimum Gasteiger partial charge on any atom is -0.176 e. The SMILES string of the molecule is CC(C)C([SiH2]Cl)C(C)C. The van der Waals surface area contributed by atoms with Crippen molar-refractivity contribution >= 4 is 19.9 Å². The zero-order chi connectivity index (χ0) is 7.44. The van der Waals surface area contributed by atoms with E-state index in [1.807, 2.05) is 0 Å². The van der Waals surface area contributed by atoms with Crippen molar-refractivity contribution in [3.8, 4) is 0 Å². The van der Waals surface area contributed by atoms with Crippen molar-refractivity contribution in [3.63, 3.8) is 0 Å². The zero-order valence-corrected chi connectivity index (χ0v) is 8.99. The molecule has 0 aliphatic rings. The maximum Gasteiger partial charge on any atom is 0.128 e. The van der Waals surface area contributed by atoms with Crippen LogP contribution in [0.15, 0.2) is 0 Å². The Bertz CT molecular complexity index is 63.3. The molecule has 0 unspecified atom stereocenters. The topological polar surface area (TPSA) is 0 Å². The lowest BCUT2D eigenvalue weighted by Gasteiger charge is -2.20. The Morgan fingerprint density at radius 1 is 1.00 bits per heavy atom. The third-order valence-electron chi connectivity index (χ3n) is 1.89. The average Bonchev–Trinajstić information content (AvgIpc) is 1.64. The van der Waals surface area contributed by atoms with Gasteiger partial charge in [-0.3, -0.25) is 0 Å². The molecule has 0 aliphatic carbocycles. The third-order valence-corrected chi connectivity index (χ3v) is 5.20. The molecule has 0 rings (SSSR count). The van der Waals surface area contributed by atoms with E-state index in [-0.39, 0.29) is 8.83 Å². The molecule has 0 N–H and O–H groups in total. The van der Waals surface area contributed by atoms with Gasteiger partial charge in [0.15, 0.2) is 0 Å². The van der Waals surface area contributed by atoms with Gasteiger partial charge in [0.05, 0.1) is 0 Å². The highest BCUT2D eigenvalue weighted by Gasteiger charge is 2.15. The molecule has 0 fully saturated rings. The number of rotatable bonds is 3. The second-order valence-corrected chi connectivity index (χ2v) is 5.48. The first-order valence-corrected chi connectivity index (χ1v) is 6.61. The van der Waals surface area contributed by atoms with Gasteiger partial charge >= 0.3 is 0 Å². The summed E-state index contributed by atoms with van der Waals surface area (Å²) in [6.07, 6.45) is 0. The van der Waals surface area contributed by atoms with Crippen LogP contribution in [0.1, 0.15) is 27.7 Å². The molecule has 0 radical (unpaired) electrons. The van der Waals surface area contributed by atoms with Crippen LogP contribution in [0.3, 0.4) is 0 Å². The average molecular weight is 165 g/mol. The molecule has 0 bridgehead atoms. The molecule has 0 heterocycles. The normalized spacial score (nSPS) is 13.3. The summed E-state index contributed by atoms with van der Waals surface area (Å²) < 4.78 is 0. The van der Waals surface area contributed by atoms with Crippen LogP contribution < -0.4 is 0 Å². The van der Waals surface area contributed by atoms with Gasteiger partial charge in [0.2, 0.25) is 0 Å². The van der Waals surface area contributed by atoms with Gasteiger partial charge in [-0.2, -0.15) is 11.1 Å². The molecule has 0 amide bonds. The Hall–Kier alpha value is 0.507. The van der Waals surface area contributed by atoms with Crippen molar-refractivity contribution in [1.82, 2.24) is 0 Å². The van der Waals surface area contributed by atoms with Gasteiger partial charge in [-0.15, -0.1) is 0 Å². The lowest BCUT2D eigenvalue weighted by atomic mass is 10.00. The molecule has 0 saturated carbocycles. The summed E-state index contributed by atoms with van der Waals surface area (Å²) in [7, 11) is -0.295. The lowest BCUT2D eigenvalue weighted by Crippen LogP contribution is -2.12. The standard InChI is InChI=1S/C7H17ClSi/c1-5(2)7(9-8)6(3)4/h5-7H,9H2,1-4H3. The van der Waals surface area contributed by atoms with Gasteiger partial charge in [0.1, 0.15) is 8.83 Å². The molecular weight excluding hydrogens is 148 g/mol. The molecule has 56 valence electrons. The van der Waals surface area contributed by atoms with E-state index in [1.165, 1.54) is 0 Å². The predicted molar refractivity (Wildman–Crippen MR) is 47.8 cm³/mol. The summed E-state index contributed by atoms with van der Waals surface area (Å²) >= 11 is 5.90. The first-order chi connectivity index (χ1) is 4.09. The Morgan fingerprint density at radius 2 is 1.33 bits per heavy atom. The summed E-state index contributed by atoms with van der Waals surface area (Å²) in [5, 5.41) is 0. The summed E-state index contributed by atoms with van der Waals surface area (Å²) in [5.41, 5.74) is 0.826. The van der Waals surface area contributed by atoms with Crippen molar-refractivity contribution in [2.24, 2.45) is 11.8 Å². The molecule has 0 atom stereocenters. The predicted octanol–water partition coefficient (Wildman–Crippen LogP) is 2.41. The summed E-state index contributed by atoms with van der Waals surface area (Å²) in [5.74, 6) is 1.57. The Morgan fingerprint density at radius 3 is 1.33 bits per heavy atom. The van der Waals surface area contributed by atoms with Crippen molar-refractivity contribution in [2.75, 3.05) is 0 Å². The Balaban J connectivity index is 3.68. The largest absolute Gasteiger partial charge is 0.176 e. The highest BCUT2D eigenvalue weighted by atomic mass is 35.6. The highest BCUT2D eigenvalue weighted by molar-refractivity contribution is 6.94. The molecule has 0 aromatic heterocycles. The quantitative estimate of drug-likeness (QED) is 0.444. The van der Waals surface area contributed by atoms with Crippen LogP contribution in [0.4, 0.5) is 0 Å². The van der Waals surface area contributed by atoms with Gasteiger partial charge in [-0.25, -0.2) is 0 Å². The van der Waals surface area contributed by atoms with Crippen LogP contribution >= 0.6 is 11.1 Å². The second-order valence-electron chi connectivity index (χ2n) is 3.31. The van der Waals surface area contributed by atoms with Crippen molar-refractivity contribution < 1.29 is 0 Å². The van der Waals surface area contributed by atoms with Crippen LogP contribution in [0.5, 0.6) is 0 Å². The summed E-state index contributed by atoms with van der Waals surface area (Å²) in [6, 6.07) is 0. The fourth-order valence-electron chi connectivity index (χ4n) is 1.13. The first-order valence-electron chi connectivity index (χ1n) is 3.65. The van der Waals surface area contributed by atoms with E-state index in [0.717, 1.165) is 17.4 Å². The van der Waals surface area contributed by atoms with Gasteiger partial charge in [-0.1, -0.05) is 27.7 Å². The monoisotopic (exact) mass is 164 g/mol.